The molecule has 0 aliphatic carbocycles. The molecule has 0 saturated carbocycles. The Labute approximate surface area is 144 Å². The van der Waals surface area contributed by atoms with Crippen molar-refractivity contribution in [3.63, 3.8) is 0 Å². The van der Waals surface area contributed by atoms with Crippen LogP contribution in [-0.4, -0.2) is 17.2 Å². The van der Waals surface area contributed by atoms with Crippen LogP contribution in [0.15, 0.2) is 57.7 Å². The summed E-state index contributed by atoms with van der Waals surface area (Å²) >= 11 is 0. The topological polar surface area (TPSA) is 84.7 Å². The van der Waals surface area contributed by atoms with Crippen molar-refractivity contribution in [1.82, 2.24) is 4.98 Å². The monoisotopic (exact) mass is 341 g/mol. The van der Waals surface area contributed by atoms with Crippen LogP contribution in [0.1, 0.15) is 16.9 Å². The Morgan fingerprint density at radius 3 is 2.52 bits per heavy atom. The van der Waals surface area contributed by atoms with Gasteiger partial charge in [-0.05, 0) is 29.7 Å². The Kier molecular flexibility index (Phi) is 5.09. The van der Waals surface area contributed by atoms with E-state index in [0.29, 0.717) is 30.9 Å². The van der Waals surface area contributed by atoms with Gasteiger partial charge in [-0.15, -0.1) is 0 Å². The molecule has 0 amide bonds. The van der Waals surface area contributed by atoms with Gasteiger partial charge in [0.2, 0.25) is 5.88 Å². The van der Waals surface area contributed by atoms with Gasteiger partial charge in [0.25, 0.3) is 0 Å². The van der Waals surface area contributed by atoms with E-state index in [2.05, 4.69) is 4.98 Å². The maximum Gasteiger partial charge on any atom is 0.419 e. The molecule has 130 valence electrons. The van der Waals surface area contributed by atoms with Crippen molar-refractivity contribution >= 4 is 0 Å². The second-order valence-corrected chi connectivity index (χ2v) is 5.55. The Balaban J connectivity index is 1.70. The smallest absolute Gasteiger partial charge is 0.419 e. The number of hydrogen-bond acceptors (Lipinski definition) is 5. The minimum absolute atomic E-state index is 0.223. The molecule has 0 spiro atoms. The molecule has 0 bridgehead atoms. The van der Waals surface area contributed by atoms with E-state index in [4.69, 9.17) is 13.9 Å². The fraction of sp³-hybridized carbons (Fsp3) is 0.211. The van der Waals surface area contributed by atoms with Gasteiger partial charge in [-0.3, -0.25) is 4.98 Å². The normalized spacial score (nSPS) is 10.6. The number of H-pyrrole nitrogens is 1. The zero-order chi connectivity index (χ0) is 17.6. The van der Waals surface area contributed by atoms with Crippen molar-refractivity contribution in [3.8, 4) is 17.4 Å². The molecule has 6 nitrogen and oxygen atoms in total. The van der Waals surface area contributed by atoms with Gasteiger partial charge in [0.05, 0.1) is 7.11 Å². The summed E-state index contributed by atoms with van der Waals surface area (Å²) in [7, 11) is 1.59. The average molecular weight is 341 g/mol. The van der Waals surface area contributed by atoms with Gasteiger partial charge in [-0.2, -0.15) is 0 Å². The Hall–Kier alpha value is -3.15. The first-order chi connectivity index (χ1) is 12.2. The number of aromatic amines is 1. The largest absolute Gasteiger partial charge is 0.493 e. The summed E-state index contributed by atoms with van der Waals surface area (Å²) in [6.07, 6.45) is 0.981. The summed E-state index contributed by atoms with van der Waals surface area (Å²) in [5.41, 5.74) is 2.04. The lowest BCUT2D eigenvalue weighted by molar-refractivity contribution is 0.284. The number of oxazole rings is 1. The van der Waals surface area contributed by atoms with Crippen molar-refractivity contribution in [2.75, 3.05) is 7.11 Å². The number of hydrogen-bond donors (Lipinski definition) is 2. The first-order valence-corrected chi connectivity index (χ1v) is 7.90. The van der Waals surface area contributed by atoms with E-state index in [0.717, 1.165) is 11.1 Å². The Morgan fingerprint density at radius 1 is 1.04 bits per heavy atom. The highest BCUT2D eigenvalue weighted by Crippen LogP contribution is 2.29. The summed E-state index contributed by atoms with van der Waals surface area (Å²) in [4.78, 5) is 13.3. The van der Waals surface area contributed by atoms with E-state index >= 15 is 0 Å². The standard InChI is InChI=1S/C19H19NO5/c1-23-15-9-7-13(8-10-16-18(21)20-19(22)25-16)11-17(15)24-12-14-5-3-2-4-6-14/h2-7,9,11,21H,8,10,12H2,1H3,(H,20,22). The van der Waals surface area contributed by atoms with E-state index in [1.165, 1.54) is 0 Å². The maximum absolute atomic E-state index is 11.1. The first-order valence-electron chi connectivity index (χ1n) is 7.90. The van der Waals surface area contributed by atoms with Crippen molar-refractivity contribution in [2.24, 2.45) is 0 Å². The lowest BCUT2D eigenvalue weighted by atomic mass is 10.1. The number of aryl methyl sites for hydroxylation is 2. The highest BCUT2D eigenvalue weighted by atomic mass is 16.5. The molecular weight excluding hydrogens is 322 g/mol. The molecule has 0 atom stereocenters. The van der Waals surface area contributed by atoms with E-state index in [1.807, 2.05) is 48.5 Å². The molecule has 0 radical (unpaired) electrons. The zero-order valence-corrected chi connectivity index (χ0v) is 13.8. The molecule has 2 aromatic carbocycles. The summed E-state index contributed by atoms with van der Waals surface area (Å²) < 4.78 is 16.1. The van der Waals surface area contributed by atoms with Crippen molar-refractivity contribution in [3.05, 3.63) is 76.0 Å². The van der Waals surface area contributed by atoms with Gasteiger partial charge in [-0.25, -0.2) is 4.79 Å². The fourth-order valence-electron chi connectivity index (χ4n) is 2.50. The molecule has 2 N–H and O–H groups in total. The highest BCUT2D eigenvalue weighted by Gasteiger charge is 2.11. The van der Waals surface area contributed by atoms with Crippen molar-refractivity contribution in [2.45, 2.75) is 19.4 Å². The van der Waals surface area contributed by atoms with Gasteiger partial charge < -0.3 is 19.0 Å². The van der Waals surface area contributed by atoms with Gasteiger partial charge in [-0.1, -0.05) is 36.4 Å². The number of methoxy groups -OCH3 is 1. The molecule has 0 fully saturated rings. The quantitative estimate of drug-likeness (QED) is 0.690. The van der Waals surface area contributed by atoms with Crippen LogP contribution in [-0.2, 0) is 19.4 Å². The summed E-state index contributed by atoms with van der Waals surface area (Å²) in [6.45, 7) is 0.439. The van der Waals surface area contributed by atoms with E-state index in [1.54, 1.807) is 7.11 Å². The molecule has 3 aromatic rings. The van der Waals surface area contributed by atoms with Crippen molar-refractivity contribution in [1.29, 1.82) is 0 Å². The lowest BCUT2D eigenvalue weighted by Crippen LogP contribution is -1.99. The third-order valence-electron chi connectivity index (χ3n) is 3.81. The van der Waals surface area contributed by atoms with Crippen LogP contribution >= 0.6 is 0 Å². The number of rotatable bonds is 7. The summed E-state index contributed by atoms with van der Waals surface area (Å²) in [5, 5.41) is 9.56. The molecule has 1 heterocycles. The first kappa shape index (κ1) is 16.7. The van der Waals surface area contributed by atoms with Crippen LogP contribution in [0.4, 0.5) is 0 Å². The van der Waals surface area contributed by atoms with Crippen LogP contribution in [0, 0.1) is 0 Å². The third kappa shape index (κ3) is 4.23. The summed E-state index contributed by atoms with van der Waals surface area (Å²) in [5.74, 6) is 0.653. The Morgan fingerprint density at radius 2 is 1.84 bits per heavy atom. The van der Waals surface area contributed by atoms with Crippen LogP contribution in [0.5, 0.6) is 17.4 Å². The van der Waals surface area contributed by atoms with Crippen LogP contribution < -0.4 is 15.2 Å². The van der Waals surface area contributed by atoms with Crippen LogP contribution in [0.2, 0.25) is 0 Å². The fourth-order valence-corrected chi connectivity index (χ4v) is 2.50. The lowest BCUT2D eigenvalue weighted by Gasteiger charge is -2.12. The minimum atomic E-state index is -0.658. The number of benzene rings is 2. The zero-order valence-electron chi connectivity index (χ0n) is 13.8. The summed E-state index contributed by atoms with van der Waals surface area (Å²) in [6, 6.07) is 15.5. The van der Waals surface area contributed by atoms with Crippen LogP contribution in [0.3, 0.4) is 0 Å². The van der Waals surface area contributed by atoms with Gasteiger partial charge >= 0.3 is 5.76 Å². The third-order valence-corrected chi connectivity index (χ3v) is 3.81. The predicted octanol–water partition coefficient (Wildman–Crippen LogP) is 3.05. The number of aromatic nitrogens is 1. The average Bonchev–Trinajstić information content (AvgIpc) is 2.96. The number of aromatic hydroxyl groups is 1. The molecule has 0 aliphatic rings. The maximum atomic E-state index is 11.1. The second-order valence-electron chi connectivity index (χ2n) is 5.55. The van der Waals surface area contributed by atoms with E-state index in [-0.39, 0.29) is 11.6 Å². The Bertz CT molecular complexity index is 882. The number of nitrogens with one attached hydrogen (secondary N) is 1. The van der Waals surface area contributed by atoms with Gasteiger partial charge in [0.15, 0.2) is 17.3 Å². The highest BCUT2D eigenvalue weighted by molar-refractivity contribution is 5.43. The second kappa shape index (κ2) is 7.61. The molecule has 0 unspecified atom stereocenters. The molecule has 1 aromatic heterocycles. The van der Waals surface area contributed by atoms with E-state index in [9.17, 15) is 9.90 Å². The molecule has 25 heavy (non-hydrogen) atoms. The molecule has 0 saturated heterocycles. The van der Waals surface area contributed by atoms with Gasteiger partial charge in [0, 0.05) is 6.42 Å². The van der Waals surface area contributed by atoms with E-state index < -0.39 is 5.76 Å². The number of ether oxygens (including phenoxy) is 2. The van der Waals surface area contributed by atoms with Crippen LogP contribution in [0.25, 0.3) is 0 Å². The molecule has 0 aliphatic heterocycles. The van der Waals surface area contributed by atoms with Crippen molar-refractivity contribution < 1.29 is 19.0 Å². The SMILES string of the molecule is COc1ccc(CCc2oc(=O)[nH]c2O)cc1OCc1ccccc1. The van der Waals surface area contributed by atoms with Gasteiger partial charge in [0.1, 0.15) is 6.61 Å². The molecule has 6 heteroatoms. The molecule has 3 rings (SSSR count). The molecular formula is C19H19NO5. The minimum Gasteiger partial charge on any atom is -0.493 e. The predicted molar refractivity (Wildman–Crippen MR) is 92.2 cm³/mol.